The van der Waals surface area contributed by atoms with Crippen LogP contribution >= 0.6 is 0 Å². The van der Waals surface area contributed by atoms with Crippen LogP contribution in [0.25, 0.3) is 5.52 Å². The van der Waals surface area contributed by atoms with Gasteiger partial charge in [0.25, 0.3) is 0 Å². The number of hydrogen-bond acceptors (Lipinski definition) is 1. The molecule has 0 saturated carbocycles. The molecular formula is C14H17F3N2Se. The first kappa shape index (κ1) is 15.4. The van der Waals surface area contributed by atoms with Crippen molar-refractivity contribution in [3.05, 3.63) is 29.6 Å². The third kappa shape index (κ3) is 3.01. The Kier molecular flexibility index (Phi) is 4.17. The molecule has 0 radical (unpaired) electrons. The molecule has 0 aliphatic heterocycles. The topological polar surface area (TPSA) is 17.3 Å². The van der Waals surface area contributed by atoms with Crippen molar-refractivity contribution in [1.82, 2.24) is 9.61 Å². The van der Waals surface area contributed by atoms with E-state index in [1.54, 1.807) is 10.6 Å². The van der Waals surface area contributed by atoms with Gasteiger partial charge in [-0.3, -0.25) is 0 Å². The molecule has 110 valence electrons. The van der Waals surface area contributed by atoms with Gasteiger partial charge in [-0.05, 0) is 0 Å². The van der Waals surface area contributed by atoms with Crippen LogP contribution in [0.15, 0.2) is 18.2 Å². The van der Waals surface area contributed by atoms with E-state index in [-0.39, 0.29) is 11.8 Å². The summed E-state index contributed by atoms with van der Waals surface area (Å²) in [4.78, 5) is 0. The molecule has 2 nitrogen and oxygen atoms in total. The quantitative estimate of drug-likeness (QED) is 0.776. The molecule has 6 heteroatoms. The van der Waals surface area contributed by atoms with Crippen LogP contribution in [0.2, 0.25) is 0 Å². The Morgan fingerprint density at radius 1 is 1.10 bits per heavy atom. The molecule has 0 unspecified atom stereocenters. The Morgan fingerprint density at radius 3 is 2.25 bits per heavy atom. The number of nitrogens with zero attached hydrogens (tertiary/aromatic N) is 2. The van der Waals surface area contributed by atoms with Gasteiger partial charge in [0, 0.05) is 0 Å². The molecule has 2 aromatic rings. The predicted molar refractivity (Wildman–Crippen MR) is 74.8 cm³/mol. The molecule has 20 heavy (non-hydrogen) atoms. The zero-order chi connectivity index (χ0) is 15.1. The van der Waals surface area contributed by atoms with Crippen LogP contribution in [0.4, 0.5) is 13.2 Å². The standard InChI is InChI=1S/C14H17F3N2Se/c1-8(2)10-6-5-7-11-13(20-14(15,16)17)12(9(3)4)18-19(10)11/h5-9H,1-4H3. The number of halogens is 3. The van der Waals surface area contributed by atoms with Crippen LogP contribution < -0.4 is 4.46 Å². The Hall–Kier alpha value is -1.00. The second-order valence-electron chi connectivity index (χ2n) is 5.32. The fourth-order valence-electron chi connectivity index (χ4n) is 2.12. The summed E-state index contributed by atoms with van der Waals surface area (Å²) in [6, 6.07) is 5.46. The normalized spacial score (nSPS) is 12.8. The van der Waals surface area contributed by atoms with Crippen molar-refractivity contribution in [1.29, 1.82) is 0 Å². The SMILES string of the molecule is CC(C)c1nn2c(C(C)C)cccc2c1[Se]C(F)(F)F. The minimum absolute atomic E-state index is 0.0193. The molecule has 0 atom stereocenters. The fourth-order valence-corrected chi connectivity index (χ4v) is 3.95. The summed E-state index contributed by atoms with van der Waals surface area (Å²) in [5.41, 5.74) is 2.10. The molecule has 0 aliphatic carbocycles. The van der Waals surface area contributed by atoms with Gasteiger partial charge >= 0.3 is 122 Å². The van der Waals surface area contributed by atoms with Gasteiger partial charge in [-0.15, -0.1) is 0 Å². The first-order valence-corrected chi connectivity index (χ1v) is 8.19. The summed E-state index contributed by atoms with van der Waals surface area (Å²) >= 11 is -1.57. The van der Waals surface area contributed by atoms with Crippen LogP contribution in [-0.2, 0) is 0 Å². The number of pyridine rings is 1. The zero-order valence-corrected chi connectivity index (χ0v) is 13.5. The number of aromatic nitrogens is 2. The van der Waals surface area contributed by atoms with Crippen molar-refractivity contribution < 1.29 is 13.2 Å². The van der Waals surface area contributed by atoms with Crippen molar-refractivity contribution in [2.24, 2.45) is 0 Å². The van der Waals surface area contributed by atoms with E-state index in [0.29, 0.717) is 15.7 Å². The van der Waals surface area contributed by atoms with Gasteiger partial charge in [-0.25, -0.2) is 0 Å². The summed E-state index contributed by atoms with van der Waals surface area (Å²) in [7, 11) is 0. The van der Waals surface area contributed by atoms with Crippen molar-refractivity contribution in [2.75, 3.05) is 0 Å². The van der Waals surface area contributed by atoms with Crippen LogP contribution in [0.1, 0.15) is 50.9 Å². The summed E-state index contributed by atoms with van der Waals surface area (Å²) in [6.45, 7) is 7.79. The van der Waals surface area contributed by atoms with E-state index in [2.05, 4.69) is 5.10 Å². The van der Waals surface area contributed by atoms with E-state index in [9.17, 15) is 13.2 Å². The number of alkyl halides is 3. The molecule has 0 fully saturated rings. The van der Waals surface area contributed by atoms with Crippen LogP contribution in [-0.4, -0.2) is 29.6 Å². The summed E-state index contributed by atoms with van der Waals surface area (Å²) in [5.74, 6) is 0.194. The maximum atomic E-state index is 12.8. The average molecular weight is 349 g/mol. The van der Waals surface area contributed by atoms with Gasteiger partial charge in [-0.2, -0.15) is 0 Å². The van der Waals surface area contributed by atoms with Crippen molar-refractivity contribution in [2.45, 2.75) is 44.6 Å². The molecular weight excluding hydrogens is 332 g/mol. The third-order valence-electron chi connectivity index (χ3n) is 3.02. The van der Waals surface area contributed by atoms with E-state index in [4.69, 9.17) is 0 Å². The predicted octanol–water partition coefficient (Wildman–Crippen LogP) is 3.43. The molecule has 0 N–H and O–H groups in total. The van der Waals surface area contributed by atoms with Gasteiger partial charge < -0.3 is 0 Å². The second kappa shape index (κ2) is 5.41. The van der Waals surface area contributed by atoms with E-state index < -0.39 is 20.0 Å². The van der Waals surface area contributed by atoms with Gasteiger partial charge in [-0.1, -0.05) is 0 Å². The van der Waals surface area contributed by atoms with Crippen molar-refractivity contribution >= 4 is 24.9 Å². The molecule has 2 rings (SSSR count). The Bertz CT molecular complexity index is 615. The van der Waals surface area contributed by atoms with Crippen LogP contribution in [0.3, 0.4) is 0 Å². The summed E-state index contributed by atoms with van der Waals surface area (Å²) in [6.07, 6.45) is 0. The van der Waals surface area contributed by atoms with E-state index in [1.165, 1.54) is 0 Å². The Morgan fingerprint density at radius 2 is 1.75 bits per heavy atom. The van der Waals surface area contributed by atoms with Gasteiger partial charge in [0.1, 0.15) is 0 Å². The van der Waals surface area contributed by atoms with Gasteiger partial charge in [0.2, 0.25) is 0 Å². The summed E-state index contributed by atoms with van der Waals surface area (Å²) in [5, 5.41) is 0.291. The minimum atomic E-state index is -4.16. The summed E-state index contributed by atoms with van der Waals surface area (Å²) < 4.78 is 40.6. The molecule has 0 aromatic carbocycles. The Balaban J connectivity index is 2.70. The number of hydrogen-bond donors (Lipinski definition) is 0. The van der Waals surface area contributed by atoms with Gasteiger partial charge in [0.05, 0.1) is 0 Å². The number of fused-ring (bicyclic) bond motifs is 1. The third-order valence-corrected chi connectivity index (χ3v) is 4.81. The van der Waals surface area contributed by atoms with E-state index >= 15 is 0 Å². The first-order chi connectivity index (χ1) is 9.20. The molecule has 0 bridgehead atoms. The van der Waals surface area contributed by atoms with Crippen LogP contribution in [0.5, 0.6) is 0 Å². The fraction of sp³-hybridized carbons (Fsp3) is 0.500. The van der Waals surface area contributed by atoms with E-state index in [1.807, 2.05) is 39.8 Å². The monoisotopic (exact) mass is 350 g/mol. The number of rotatable bonds is 3. The first-order valence-electron chi connectivity index (χ1n) is 6.48. The average Bonchev–Trinajstić information content (AvgIpc) is 2.65. The van der Waals surface area contributed by atoms with Crippen LogP contribution in [0, 0.1) is 0 Å². The van der Waals surface area contributed by atoms with Crippen molar-refractivity contribution in [3.8, 4) is 0 Å². The van der Waals surface area contributed by atoms with E-state index in [0.717, 1.165) is 5.69 Å². The van der Waals surface area contributed by atoms with Gasteiger partial charge in [0.15, 0.2) is 0 Å². The van der Waals surface area contributed by atoms with Crippen molar-refractivity contribution in [3.63, 3.8) is 0 Å². The second-order valence-corrected chi connectivity index (χ2v) is 7.58. The molecule has 2 aromatic heterocycles. The molecule has 0 spiro atoms. The molecule has 0 aliphatic rings. The Labute approximate surface area is 122 Å². The molecule has 0 saturated heterocycles. The molecule has 2 heterocycles. The maximum absolute atomic E-state index is 12.8. The zero-order valence-electron chi connectivity index (χ0n) is 11.8. The molecule has 0 amide bonds.